The van der Waals surface area contributed by atoms with Crippen molar-refractivity contribution in [2.45, 2.75) is 76.0 Å². The van der Waals surface area contributed by atoms with Gasteiger partial charge in [-0.3, -0.25) is 0 Å². The first kappa shape index (κ1) is 36.5. The Morgan fingerprint density at radius 3 is 1.30 bits per heavy atom. The summed E-state index contributed by atoms with van der Waals surface area (Å²) in [4.78, 5) is 28.4. The number of carbonyl (C=O) groups excluding carboxylic acids is 2. The molecule has 2 heterocycles. The van der Waals surface area contributed by atoms with Gasteiger partial charge in [0, 0.05) is 25.9 Å². The van der Waals surface area contributed by atoms with E-state index >= 15 is 0 Å². The maximum atomic E-state index is 13.2. The number of amides is 2. The van der Waals surface area contributed by atoms with Crippen LogP contribution in [0.25, 0.3) is 0 Å². The number of rotatable bonds is 6. The predicted octanol–water partition coefficient (Wildman–Crippen LogP) is 8.10. The third-order valence-corrected chi connectivity index (χ3v) is 9.19. The van der Waals surface area contributed by atoms with Crippen LogP contribution in [0.5, 0.6) is 0 Å². The van der Waals surface area contributed by atoms with Gasteiger partial charge in [0.1, 0.15) is 24.8 Å². The highest BCUT2D eigenvalue weighted by Gasteiger charge is 2.40. The lowest BCUT2D eigenvalue weighted by Crippen LogP contribution is -2.47. The normalized spacial score (nSPS) is 23.3. The van der Waals surface area contributed by atoms with Gasteiger partial charge in [-0.1, -0.05) is 84.9 Å². The molecule has 0 spiro atoms. The van der Waals surface area contributed by atoms with Gasteiger partial charge in [0.25, 0.3) is 0 Å². The van der Waals surface area contributed by atoms with E-state index in [1.807, 2.05) is 60.7 Å². The minimum absolute atomic E-state index is 0.197. The van der Waals surface area contributed by atoms with Crippen molar-refractivity contribution in [2.75, 3.05) is 13.1 Å². The van der Waals surface area contributed by atoms with Gasteiger partial charge in [-0.05, 0) is 73.2 Å². The third-order valence-electron chi connectivity index (χ3n) is 9.19. The number of hydrogen-bond acceptors (Lipinski definition) is 6. The average Bonchev–Trinajstić information content (AvgIpc) is 3.11. The van der Waals surface area contributed by atoms with Gasteiger partial charge in [-0.15, -0.1) is 0 Å². The molecule has 10 heteroatoms. The van der Waals surface area contributed by atoms with E-state index in [-0.39, 0.29) is 36.9 Å². The summed E-state index contributed by atoms with van der Waals surface area (Å²) in [5.41, 5.74) is 1.68. The van der Waals surface area contributed by atoms with E-state index in [4.69, 9.17) is 9.47 Å². The Morgan fingerprint density at radius 2 is 0.960 bits per heavy atom. The third kappa shape index (κ3) is 10.1. The molecule has 2 fully saturated rings. The van der Waals surface area contributed by atoms with Crippen LogP contribution < -0.4 is 0 Å². The van der Waals surface area contributed by atoms with Crippen LogP contribution in [0.3, 0.4) is 0 Å². The highest BCUT2D eigenvalue weighted by atomic mass is 19.1. The molecule has 0 bridgehead atoms. The van der Waals surface area contributed by atoms with Crippen molar-refractivity contribution >= 4 is 12.2 Å². The van der Waals surface area contributed by atoms with Gasteiger partial charge in [-0.25, -0.2) is 18.4 Å². The Bertz CT molecular complexity index is 1560. The first-order valence-corrected chi connectivity index (χ1v) is 16.8. The van der Waals surface area contributed by atoms with Crippen LogP contribution in [0.2, 0.25) is 0 Å². The van der Waals surface area contributed by atoms with Crippen molar-refractivity contribution in [3.8, 4) is 0 Å². The number of aliphatic hydroxyl groups is 2. The maximum Gasteiger partial charge on any atom is 0.410 e. The summed E-state index contributed by atoms with van der Waals surface area (Å²) in [6.07, 6.45) is 0.886. The van der Waals surface area contributed by atoms with Crippen LogP contribution in [0.1, 0.15) is 73.9 Å². The number of nitrogens with zero attached hydrogens (tertiary/aromatic N) is 2. The molecule has 50 heavy (non-hydrogen) atoms. The van der Waals surface area contributed by atoms with Crippen LogP contribution in [0, 0.1) is 11.6 Å². The van der Waals surface area contributed by atoms with Crippen LogP contribution in [0.15, 0.2) is 109 Å². The molecule has 2 saturated heterocycles. The van der Waals surface area contributed by atoms with E-state index in [0.29, 0.717) is 38.8 Å². The zero-order valence-electron chi connectivity index (χ0n) is 28.4. The van der Waals surface area contributed by atoms with Crippen LogP contribution in [-0.4, -0.2) is 56.5 Å². The zero-order chi connectivity index (χ0) is 35.7. The van der Waals surface area contributed by atoms with Crippen molar-refractivity contribution in [1.29, 1.82) is 0 Å². The fourth-order valence-electron chi connectivity index (χ4n) is 6.30. The molecule has 2 aliphatic heterocycles. The van der Waals surface area contributed by atoms with Gasteiger partial charge in [0.2, 0.25) is 0 Å². The standard InChI is InChI=1S/2C20H22FNO3/c2*1-20(24)11-12-22(18(13-20)16-7-9-17(21)10-8-16)19(23)25-14-15-5-3-2-4-6-15/h2*2-10,18,24H,11-14H2,1H3/t2*18?,20-/m10/s1. The van der Waals surface area contributed by atoms with Gasteiger partial charge in [0.15, 0.2) is 0 Å². The molecule has 4 aromatic carbocycles. The molecule has 0 aliphatic carbocycles. The SMILES string of the molecule is C[C@@]1(O)CCN(C(=O)OCc2ccccc2)C(c2ccc(F)cc2)C1.C[C@]1(O)CCN(C(=O)OCc2ccccc2)C(c2ccc(F)cc2)C1. The number of likely N-dealkylation sites (tertiary alicyclic amines) is 2. The smallest absolute Gasteiger partial charge is 0.410 e. The molecule has 4 aromatic rings. The zero-order valence-corrected chi connectivity index (χ0v) is 28.4. The van der Waals surface area contributed by atoms with Gasteiger partial charge < -0.3 is 29.5 Å². The van der Waals surface area contributed by atoms with Crippen LogP contribution in [-0.2, 0) is 22.7 Å². The number of benzene rings is 4. The first-order valence-electron chi connectivity index (χ1n) is 16.8. The van der Waals surface area contributed by atoms with Crippen molar-refractivity contribution < 1.29 is 38.1 Å². The highest BCUT2D eigenvalue weighted by Crippen LogP contribution is 2.38. The average molecular weight is 687 g/mol. The van der Waals surface area contributed by atoms with Crippen molar-refractivity contribution in [3.63, 3.8) is 0 Å². The lowest BCUT2D eigenvalue weighted by molar-refractivity contribution is -0.0339. The molecule has 2 amide bonds. The second-order valence-electron chi connectivity index (χ2n) is 13.5. The molecule has 264 valence electrons. The topological polar surface area (TPSA) is 99.5 Å². The van der Waals surface area contributed by atoms with Gasteiger partial charge in [-0.2, -0.15) is 0 Å². The molecule has 4 atom stereocenters. The Kier molecular flexibility index (Phi) is 11.9. The summed E-state index contributed by atoms with van der Waals surface area (Å²) in [5, 5.41) is 20.8. The molecule has 2 N–H and O–H groups in total. The molecular weight excluding hydrogens is 642 g/mol. The van der Waals surface area contributed by atoms with E-state index in [9.17, 15) is 28.6 Å². The number of ether oxygens (including phenoxy) is 2. The van der Waals surface area contributed by atoms with E-state index < -0.39 is 23.4 Å². The first-order chi connectivity index (χ1) is 23.9. The predicted molar refractivity (Wildman–Crippen MR) is 185 cm³/mol. The van der Waals surface area contributed by atoms with Crippen molar-refractivity contribution in [2.24, 2.45) is 0 Å². The quantitative estimate of drug-likeness (QED) is 0.213. The van der Waals surface area contributed by atoms with E-state index in [1.165, 1.54) is 24.3 Å². The Hall–Kier alpha value is -4.80. The Balaban J connectivity index is 0.000000194. The van der Waals surface area contributed by atoms with Crippen molar-refractivity contribution in [3.05, 3.63) is 143 Å². The van der Waals surface area contributed by atoms with Gasteiger partial charge >= 0.3 is 12.2 Å². The fraction of sp³-hybridized carbons (Fsp3) is 0.350. The molecule has 0 radical (unpaired) electrons. The molecule has 2 unspecified atom stereocenters. The van der Waals surface area contributed by atoms with Gasteiger partial charge in [0.05, 0.1) is 23.3 Å². The van der Waals surface area contributed by atoms with Crippen LogP contribution >= 0.6 is 0 Å². The number of halogens is 2. The van der Waals surface area contributed by atoms with Crippen LogP contribution in [0.4, 0.5) is 18.4 Å². The molecule has 2 aliphatic rings. The summed E-state index contributed by atoms with van der Waals surface area (Å²) >= 11 is 0. The summed E-state index contributed by atoms with van der Waals surface area (Å²) < 4.78 is 37.3. The minimum atomic E-state index is -0.866. The number of hydrogen-bond donors (Lipinski definition) is 2. The number of piperidine rings is 2. The highest BCUT2D eigenvalue weighted by molar-refractivity contribution is 5.69. The second-order valence-corrected chi connectivity index (χ2v) is 13.5. The minimum Gasteiger partial charge on any atom is -0.445 e. The molecule has 8 nitrogen and oxygen atoms in total. The molecule has 0 saturated carbocycles. The van der Waals surface area contributed by atoms with Crippen molar-refractivity contribution in [1.82, 2.24) is 9.80 Å². The molecular formula is C40H44F2N2O6. The Morgan fingerprint density at radius 1 is 0.620 bits per heavy atom. The Labute approximate surface area is 291 Å². The lowest BCUT2D eigenvalue weighted by Gasteiger charge is -2.42. The second kappa shape index (κ2) is 16.3. The monoisotopic (exact) mass is 686 g/mol. The summed E-state index contributed by atoms with van der Waals surface area (Å²) in [5.74, 6) is -0.658. The van der Waals surface area contributed by atoms with E-state index in [2.05, 4.69) is 0 Å². The molecule has 6 rings (SSSR count). The fourth-order valence-corrected chi connectivity index (χ4v) is 6.30. The number of carbonyl (C=O) groups is 2. The van der Waals surface area contributed by atoms with E-state index in [0.717, 1.165) is 22.3 Å². The lowest BCUT2D eigenvalue weighted by atomic mass is 9.85. The van der Waals surface area contributed by atoms with E-state index in [1.54, 1.807) is 47.9 Å². The summed E-state index contributed by atoms with van der Waals surface area (Å²) in [6.45, 7) is 4.70. The largest absolute Gasteiger partial charge is 0.445 e. The summed E-state index contributed by atoms with van der Waals surface area (Å²) in [6, 6.07) is 30.3. The summed E-state index contributed by atoms with van der Waals surface area (Å²) in [7, 11) is 0. The molecule has 0 aromatic heterocycles. The maximum absolute atomic E-state index is 13.2.